The molecule has 0 spiro atoms. The summed E-state index contributed by atoms with van der Waals surface area (Å²) in [5.74, 6) is 0. The minimum atomic E-state index is 1.10. The van der Waals surface area contributed by atoms with E-state index in [4.69, 9.17) is 0 Å². The van der Waals surface area contributed by atoms with Crippen LogP contribution in [-0.4, -0.2) is 0 Å². The van der Waals surface area contributed by atoms with Crippen molar-refractivity contribution in [3.63, 3.8) is 0 Å². The molecular weight excluding hydrogens is 132 g/mol. The van der Waals surface area contributed by atoms with Crippen molar-refractivity contribution in [1.29, 1.82) is 0 Å². The third kappa shape index (κ3) is 10.0. The first-order valence-electron chi connectivity index (χ1n) is 5.21. The SMILES string of the molecule is C1CCCC1.[CH2]CCCCC. The zero-order chi connectivity index (χ0) is 8.36. The van der Waals surface area contributed by atoms with Crippen molar-refractivity contribution < 1.29 is 0 Å². The number of rotatable bonds is 3. The van der Waals surface area contributed by atoms with Crippen molar-refractivity contribution in [2.24, 2.45) is 0 Å². The number of hydrogen-bond donors (Lipinski definition) is 0. The van der Waals surface area contributed by atoms with Gasteiger partial charge in [-0.15, -0.1) is 0 Å². The predicted molar refractivity (Wildman–Crippen MR) is 52.6 cm³/mol. The topological polar surface area (TPSA) is 0 Å². The van der Waals surface area contributed by atoms with E-state index in [2.05, 4.69) is 13.8 Å². The molecule has 0 amide bonds. The second-order valence-corrected chi connectivity index (χ2v) is 3.33. The zero-order valence-corrected chi connectivity index (χ0v) is 8.07. The van der Waals surface area contributed by atoms with Crippen LogP contribution in [-0.2, 0) is 0 Å². The van der Waals surface area contributed by atoms with Gasteiger partial charge in [-0.2, -0.15) is 0 Å². The molecule has 67 valence electrons. The van der Waals surface area contributed by atoms with Gasteiger partial charge in [0.05, 0.1) is 0 Å². The van der Waals surface area contributed by atoms with E-state index in [1.54, 1.807) is 0 Å². The molecule has 0 atom stereocenters. The van der Waals surface area contributed by atoms with Gasteiger partial charge in [0.2, 0.25) is 0 Å². The first kappa shape index (κ1) is 11.0. The first-order valence-corrected chi connectivity index (χ1v) is 5.21. The lowest BCUT2D eigenvalue weighted by Gasteiger charge is -1.86. The molecule has 0 heterocycles. The Morgan fingerprint density at radius 1 is 0.909 bits per heavy atom. The summed E-state index contributed by atoms with van der Waals surface area (Å²) in [4.78, 5) is 0. The lowest BCUT2D eigenvalue weighted by atomic mass is 10.2. The van der Waals surface area contributed by atoms with Crippen molar-refractivity contribution in [3.05, 3.63) is 6.92 Å². The van der Waals surface area contributed by atoms with Crippen LogP contribution in [0.15, 0.2) is 0 Å². The van der Waals surface area contributed by atoms with E-state index in [9.17, 15) is 0 Å². The van der Waals surface area contributed by atoms with E-state index < -0.39 is 0 Å². The van der Waals surface area contributed by atoms with Crippen LogP contribution in [0.1, 0.15) is 64.7 Å². The molecule has 0 bridgehead atoms. The Hall–Kier alpha value is 0. The molecule has 1 aliphatic rings. The fraction of sp³-hybridized carbons (Fsp3) is 0.909. The van der Waals surface area contributed by atoms with E-state index in [1.165, 1.54) is 51.4 Å². The maximum atomic E-state index is 3.72. The molecule has 11 heavy (non-hydrogen) atoms. The average molecular weight is 155 g/mol. The number of unbranched alkanes of at least 4 members (excludes halogenated alkanes) is 3. The molecule has 0 aromatic carbocycles. The highest BCUT2D eigenvalue weighted by molar-refractivity contribution is 4.51. The summed E-state index contributed by atoms with van der Waals surface area (Å²) >= 11 is 0. The molecule has 0 aliphatic heterocycles. The smallest absolute Gasteiger partial charge is 0.0533 e. The lowest BCUT2D eigenvalue weighted by Crippen LogP contribution is -1.66. The molecule has 0 aromatic rings. The van der Waals surface area contributed by atoms with Gasteiger partial charge in [0.1, 0.15) is 0 Å². The molecule has 0 saturated heterocycles. The normalized spacial score (nSPS) is 15.8. The van der Waals surface area contributed by atoms with Gasteiger partial charge in [-0.05, 0) is 0 Å². The van der Waals surface area contributed by atoms with Crippen molar-refractivity contribution in [1.82, 2.24) is 0 Å². The number of hydrogen-bond acceptors (Lipinski definition) is 0. The van der Waals surface area contributed by atoms with E-state index in [1.807, 2.05) is 0 Å². The average Bonchev–Trinajstić information content (AvgIpc) is 2.57. The Balaban J connectivity index is 0.000000183. The first-order chi connectivity index (χ1) is 5.41. The zero-order valence-electron chi connectivity index (χ0n) is 8.07. The molecule has 0 nitrogen and oxygen atoms in total. The van der Waals surface area contributed by atoms with Crippen LogP contribution in [0.4, 0.5) is 0 Å². The maximum Gasteiger partial charge on any atom is -0.0533 e. The van der Waals surface area contributed by atoms with E-state index in [0.29, 0.717) is 0 Å². The van der Waals surface area contributed by atoms with Crippen molar-refractivity contribution in [3.8, 4) is 0 Å². The van der Waals surface area contributed by atoms with Gasteiger partial charge in [0.25, 0.3) is 0 Å². The van der Waals surface area contributed by atoms with Gasteiger partial charge < -0.3 is 0 Å². The van der Waals surface area contributed by atoms with Crippen molar-refractivity contribution in [2.75, 3.05) is 0 Å². The van der Waals surface area contributed by atoms with Gasteiger partial charge in [-0.1, -0.05) is 71.6 Å². The largest absolute Gasteiger partial charge is 0.0654 e. The van der Waals surface area contributed by atoms with E-state index in [-0.39, 0.29) is 0 Å². The van der Waals surface area contributed by atoms with E-state index >= 15 is 0 Å². The molecule has 1 saturated carbocycles. The molecule has 1 fully saturated rings. The molecule has 1 rings (SSSR count). The standard InChI is InChI=1S/C6H13.C5H10/c1-3-5-6-4-2;1-2-4-5-3-1/h1,3-6H2,2H3;1-5H2. The minimum absolute atomic E-state index is 1.10. The van der Waals surface area contributed by atoms with Crippen LogP contribution in [0.3, 0.4) is 0 Å². The third-order valence-electron chi connectivity index (χ3n) is 2.10. The van der Waals surface area contributed by atoms with Crippen LogP contribution < -0.4 is 0 Å². The summed E-state index contributed by atoms with van der Waals surface area (Å²) in [6.07, 6.45) is 12.6. The second kappa shape index (κ2) is 10.0. The van der Waals surface area contributed by atoms with Crippen LogP contribution in [0.25, 0.3) is 0 Å². The van der Waals surface area contributed by atoms with E-state index in [0.717, 1.165) is 6.42 Å². The fourth-order valence-electron chi connectivity index (χ4n) is 1.31. The summed E-state index contributed by atoms with van der Waals surface area (Å²) in [5.41, 5.74) is 0. The molecule has 1 aliphatic carbocycles. The quantitative estimate of drug-likeness (QED) is 0.531. The van der Waals surface area contributed by atoms with Gasteiger partial charge in [0.15, 0.2) is 0 Å². The van der Waals surface area contributed by atoms with Crippen LogP contribution in [0.2, 0.25) is 0 Å². The molecule has 0 aromatic heterocycles. The van der Waals surface area contributed by atoms with Gasteiger partial charge >= 0.3 is 0 Å². The molecule has 0 heteroatoms. The third-order valence-corrected chi connectivity index (χ3v) is 2.10. The summed E-state index contributed by atoms with van der Waals surface area (Å²) in [5, 5.41) is 0. The highest BCUT2D eigenvalue weighted by atomic mass is 14.0. The highest BCUT2D eigenvalue weighted by Gasteiger charge is 1.95. The monoisotopic (exact) mass is 155 g/mol. The summed E-state index contributed by atoms with van der Waals surface area (Å²) in [6, 6.07) is 0. The Kier molecular flexibility index (Phi) is 10.0. The fourth-order valence-corrected chi connectivity index (χ4v) is 1.31. The predicted octanol–water partition coefficient (Wildman–Crippen LogP) is 4.35. The summed E-state index contributed by atoms with van der Waals surface area (Å²) in [7, 11) is 0. The maximum absolute atomic E-state index is 3.72. The highest BCUT2D eigenvalue weighted by Crippen LogP contribution is 2.15. The van der Waals surface area contributed by atoms with Crippen LogP contribution in [0.5, 0.6) is 0 Å². The molecular formula is C11H23. The van der Waals surface area contributed by atoms with Gasteiger partial charge in [-0.3, -0.25) is 0 Å². The Morgan fingerprint density at radius 2 is 1.36 bits per heavy atom. The molecule has 1 radical (unpaired) electrons. The minimum Gasteiger partial charge on any atom is -0.0654 e. The van der Waals surface area contributed by atoms with Gasteiger partial charge in [0, 0.05) is 0 Å². The van der Waals surface area contributed by atoms with Gasteiger partial charge in [-0.25, -0.2) is 0 Å². The molecule has 0 unspecified atom stereocenters. The van der Waals surface area contributed by atoms with Crippen LogP contribution >= 0.6 is 0 Å². The second-order valence-electron chi connectivity index (χ2n) is 3.33. The molecule has 0 N–H and O–H groups in total. The Labute approximate surface area is 72.4 Å². The summed E-state index contributed by atoms with van der Waals surface area (Å²) < 4.78 is 0. The summed E-state index contributed by atoms with van der Waals surface area (Å²) in [6.45, 7) is 5.93. The van der Waals surface area contributed by atoms with Crippen LogP contribution in [0, 0.1) is 6.92 Å². The Morgan fingerprint density at radius 3 is 1.55 bits per heavy atom. The lowest BCUT2D eigenvalue weighted by molar-refractivity contribution is 0.728. The Bertz CT molecular complexity index is 41.4. The van der Waals surface area contributed by atoms with Crippen molar-refractivity contribution in [2.45, 2.75) is 64.7 Å². The van der Waals surface area contributed by atoms with Crippen molar-refractivity contribution >= 4 is 0 Å².